The number of para-hydroxylation sites is 1. The third-order valence-electron chi connectivity index (χ3n) is 3.79. The number of nitrogens with two attached hydrogens (primary N) is 1. The fourth-order valence-corrected chi connectivity index (χ4v) is 2.63. The van der Waals surface area contributed by atoms with E-state index in [2.05, 4.69) is 19.8 Å². The number of benzene rings is 1. The lowest BCUT2D eigenvalue weighted by molar-refractivity contribution is 0.315. The van der Waals surface area contributed by atoms with Gasteiger partial charge in [0.05, 0.1) is 5.69 Å². The van der Waals surface area contributed by atoms with Gasteiger partial charge in [0.2, 0.25) is 5.88 Å². The maximum Gasteiger partial charge on any atom is 0.218 e. The molecule has 1 aliphatic rings. The van der Waals surface area contributed by atoms with Crippen LogP contribution in [0.15, 0.2) is 36.7 Å². The average molecular weight is 317 g/mol. The Morgan fingerprint density at radius 3 is 2.57 bits per heavy atom. The summed E-state index contributed by atoms with van der Waals surface area (Å²) in [6.07, 6.45) is 1.49. The van der Waals surface area contributed by atoms with Gasteiger partial charge in [0, 0.05) is 38.8 Å². The van der Waals surface area contributed by atoms with Crippen molar-refractivity contribution in [2.75, 3.05) is 49.1 Å². The maximum absolute atomic E-state index is 13.9. The first-order valence-corrected chi connectivity index (χ1v) is 7.67. The fraction of sp³-hybridized carbons (Fsp3) is 0.375. The molecule has 1 fully saturated rings. The van der Waals surface area contributed by atoms with Crippen LogP contribution in [0.4, 0.5) is 15.9 Å². The smallest absolute Gasteiger partial charge is 0.218 e. The summed E-state index contributed by atoms with van der Waals surface area (Å²) in [6, 6.07) is 8.69. The highest BCUT2D eigenvalue weighted by Gasteiger charge is 2.20. The fourth-order valence-electron chi connectivity index (χ4n) is 2.63. The number of hydrogen-bond donors (Lipinski definition) is 1. The molecule has 1 aliphatic heterocycles. The lowest BCUT2D eigenvalue weighted by Crippen LogP contribution is -2.47. The summed E-state index contributed by atoms with van der Waals surface area (Å²) in [6.45, 7) is 3.88. The van der Waals surface area contributed by atoms with Crippen molar-refractivity contribution in [2.24, 2.45) is 5.73 Å². The molecule has 6 nitrogen and oxygen atoms in total. The van der Waals surface area contributed by atoms with Gasteiger partial charge < -0.3 is 20.3 Å². The molecule has 2 N–H and O–H groups in total. The summed E-state index contributed by atoms with van der Waals surface area (Å²) in [5.74, 6) is 1.16. The van der Waals surface area contributed by atoms with Crippen LogP contribution < -0.4 is 20.3 Å². The molecule has 0 unspecified atom stereocenters. The molecule has 122 valence electrons. The number of halogens is 1. The molecule has 0 radical (unpaired) electrons. The number of anilines is 2. The number of nitrogens with zero attached hydrogens (tertiary/aromatic N) is 4. The topological polar surface area (TPSA) is 67.5 Å². The lowest BCUT2D eigenvalue weighted by Gasteiger charge is -2.36. The SMILES string of the molecule is NCCOc1cc(N2CCN(c3ccccc3F)CC2)ncn1. The van der Waals surface area contributed by atoms with Crippen LogP contribution >= 0.6 is 0 Å². The van der Waals surface area contributed by atoms with Crippen LogP contribution in [0.1, 0.15) is 0 Å². The van der Waals surface area contributed by atoms with Gasteiger partial charge in [-0.15, -0.1) is 0 Å². The van der Waals surface area contributed by atoms with Gasteiger partial charge in [-0.1, -0.05) is 12.1 Å². The van der Waals surface area contributed by atoms with Crippen LogP contribution in [0.5, 0.6) is 5.88 Å². The van der Waals surface area contributed by atoms with Crippen LogP contribution in [0.3, 0.4) is 0 Å². The zero-order valence-electron chi connectivity index (χ0n) is 12.9. The molecule has 1 aromatic heterocycles. The van der Waals surface area contributed by atoms with Crippen LogP contribution in [0.2, 0.25) is 0 Å². The molecule has 0 amide bonds. The number of piperazine rings is 1. The standard InChI is InChI=1S/C16H20FN5O/c17-13-3-1-2-4-14(13)21-6-8-22(9-7-21)15-11-16(20-12-19-15)23-10-5-18/h1-4,11-12H,5-10,18H2. The first-order valence-electron chi connectivity index (χ1n) is 7.67. The Hall–Kier alpha value is -2.41. The molecule has 0 atom stereocenters. The van der Waals surface area contributed by atoms with Crippen LogP contribution in [0, 0.1) is 5.82 Å². The highest BCUT2D eigenvalue weighted by atomic mass is 19.1. The largest absolute Gasteiger partial charge is 0.476 e. The van der Waals surface area contributed by atoms with E-state index in [9.17, 15) is 4.39 Å². The molecule has 2 heterocycles. The minimum Gasteiger partial charge on any atom is -0.476 e. The zero-order valence-corrected chi connectivity index (χ0v) is 12.9. The third-order valence-corrected chi connectivity index (χ3v) is 3.79. The number of aromatic nitrogens is 2. The van der Waals surface area contributed by atoms with Crippen molar-refractivity contribution >= 4 is 11.5 Å². The number of ether oxygens (including phenoxy) is 1. The predicted octanol–water partition coefficient (Wildman–Crippen LogP) is 1.28. The second-order valence-corrected chi connectivity index (χ2v) is 5.28. The number of rotatable bonds is 5. The molecule has 3 rings (SSSR count). The molecule has 23 heavy (non-hydrogen) atoms. The van der Waals surface area contributed by atoms with Crippen molar-refractivity contribution in [1.82, 2.24) is 9.97 Å². The predicted molar refractivity (Wildman–Crippen MR) is 87.4 cm³/mol. The Kier molecular flexibility index (Phi) is 4.87. The first kappa shape index (κ1) is 15.5. The highest BCUT2D eigenvalue weighted by molar-refractivity contribution is 5.50. The van der Waals surface area contributed by atoms with Gasteiger partial charge in [-0.2, -0.15) is 0 Å². The summed E-state index contributed by atoms with van der Waals surface area (Å²) in [4.78, 5) is 12.6. The van der Waals surface area contributed by atoms with E-state index in [4.69, 9.17) is 10.5 Å². The Labute approximate surface area is 134 Å². The molecule has 0 saturated carbocycles. The second-order valence-electron chi connectivity index (χ2n) is 5.28. The van der Waals surface area contributed by atoms with Crippen molar-refractivity contribution in [3.63, 3.8) is 0 Å². The van der Waals surface area contributed by atoms with Crippen LogP contribution in [0.25, 0.3) is 0 Å². The minimum absolute atomic E-state index is 0.180. The molecule has 1 saturated heterocycles. The van der Waals surface area contributed by atoms with Crippen LogP contribution in [-0.4, -0.2) is 49.3 Å². The van der Waals surface area contributed by atoms with E-state index in [0.717, 1.165) is 32.0 Å². The second kappa shape index (κ2) is 7.23. The van der Waals surface area contributed by atoms with E-state index >= 15 is 0 Å². The molecule has 0 bridgehead atoms. The molecule has 1 aromatic carbocycles. The average Bonchev–Trinajstić information content (AvgIpc) is 2.61. The monoisotopic (exact) mass is 317 g/mol. The zero-order chi connectivity index (χ0) is 16.1. The third kappa shape index (κ3) is 3.68. The van der Waals surface area contributed by atoms with E-state index < -0.39 is 0 Å². The van der Waals surface area contributed by atoms with Gasteiger partial charge in [-0.25, -0.2) is 14.4 Å². The normalized spacial score (nSPS) is 14.9. The van der Waals surface area contributed by atoms with E-state index in [-0.39, 0.29) is 5.82 Å². The Morgan fingerprint density at radius 1 is 1.09 bits per heavy atom. The summed E-state index contributed by atoms with van der Waals surface area (Å²) in [5.41, 5.74) is 6.08. The van der Waals surface area contributed by atoms with E-state index in [1.54, 1.807) is 6.07 Å². The summed E-state index contributed by atoms with van der Waals surface area (Å²) in [5, 5.41) is 0. The minimum atomic E-state index is -0.180. The molecule has 0 aliphatic carbocycles. The molecule has 7 heteroatoms. The first-order chi connectivity index (χ1) is 11.3. The van der Waals surface area contributed by atoms with Crippen molar-refractivity contribution in [2.45, 2.75) is 0 Å². The van der Waals surface area contributed by atoms with Crippen molar-refractivity contribution in [3.05, 3.63) is 42.5 Å². The molecule has 0 spiro atoms. The Bertz CT molecular complexity index is 646. The Morgan fingerprint density at radius 2 is 1.83 bits per heavy atom. The number of hydrogen-bond acceptors (Lipinski definition) is 6. The summed E-state index contributed by atoms with van der Waals surface area (Å²) >= 11 is 0. The quantitative estimate of drug-likeness (QED) is 0.896. The summed E-state index contributed by atoms with van der Waals surface area (Å²) < 4.78 is 19.3. The van der Waals surface area contributed by atoms with Gasteiger partial charge in [0.15, 0.2) is 0 Å². The maximum atomic E-state index is 13.9. The van der Waals surface area contributed by atoms with E-state index in [0.29, 0.717) is 24.7 Å². The van der Waals surface area contributed by atoms with E-state index in [1.807, 2.05) is 18.2 Å². The van der Waals surface area contributed by atoms with Gasteiger partial charge in [-0.05, 0) is 12.1 Å². The Balaban J connectivity index is 1.64. The molecular formula is C16H20FN5O. The highest BCUT2D eigenvalue weighted by Crippen LogP contribution is 2.22. The van der Waals surface area contributed by atoms with E-state index in [1.165, 1.54) is 12.4 Å². The van der Waals surface area contributed by atoms with Gasteiger partial charge in [0.1, 0.15) is 24.6 Å². The van der Waals surface area contributed by atoms with Crippen molar-refractivity contribution in [3.8, 4) is 5.88 Å². The van der Waals surface area contributed by atoms with Gasteiger partial charge in [0.25, 0.3) is 0 Å². The molecular weight excluding hydrogens is 297 g/mol. The molecule has 2 aromatic rings. The van der Waals surface area contributed by atoms with Crippen molar-refractivity contribution in [1.29, 1.82) is 0 Å². The van der Waals surface area contributed by atoms with Crippen LogP contribution in [-0.2, 0) is 0 Å². The summed E-state index contributed by atoms with van der Waals surface area (Å²) in [7, 11) is 0. The van der Waals surface area contributed by atoms with Gasteiger partial charge >= 0.3 is 0 Å². The van der Waals surface area contributed by atoms with Gasteiger partial charge in [-0.3, -0.25) is 0 Å². The van der Waals surface area contributed by atoms with Crippen molar-refractivity contribution < 1.29 is 9.13 Å². The lowest BCUT2D eigenvalue weighted by atomic mass is 10.2.